The lowest BCUT2D eigenvalue weighted by atomic mass is 9.80. The second kappa shape index (κ2) is 9.95. The fourth-order valence-corrected chi connectivity index (χ4v) is 3.46. The van der Waals surface area contributed by atoms with Crippen LogP contribution in [0.4, 0.5) is 0 Å². The van der Waals surface area contributed by atoms with Crippen LogP contribution in [0.3, 0.4) is 0 Å². The number of carbonyl (C=O) groups is 2. The molecule has 3 fully saturated rings. The fourth-order valence-electron chi connectivity index (χ4n) is 3.46. The highest BCUT2D eigenvalue weighted by Crippen LogP contribution is 2.43. The molecule has 0 aromatic rings. The maximum atomic E-state index is 11.3. The minimum atomic E-state index is -0.102. The predicted molar refractivity (Wildman–Crippen MR) is 85.7 cm³/mol. The normalized spacial score (nSPS) is 33.1. The van der Waals surface area contributed by atoms with Gasteiger partial charge in [-0.25, -0.2) is 0 Å². The van der Waals surface area contributed by atoms with Gasteiger partial charge >= 0.3 is 5.97 Å². The molecule has 3 rings (SSSR count). The van der Waals surface area contributed by atoms with Gasteiger partial charge in [0.25, 0.3) is 0 Å². The zero-order valence-electron chi connectivity index (χ0n) is 14.4. The van der Waals surface area contributed by atoms with Crippen LogP contribution in [-0.2, 0) is 19.1 Å². The predicted octanol–water partition coefficient (Wildman–Crippen LogP) is 2.28. The first-order chi connectivity index (χ1) is 10.5. The lowest BCUT2D eigenvalue weighted by Crippen LogP contribution is -2.32. The van der Waals surface area contributed by atoms with Crippen LogP contribution in [0.5, 0.6) is 0 Å². The molecule has 0 radical (unpaired) electrons. The molecule has 3 aliphatic rings. The first-order valence-corrected chi connectivity index (χ1v) is 8.36. The highest BCUT2D eigenvalue weighted by molar-refractivity contribution is 5.74. The summed E-state index contributed by atoms with van der Waals surface area (Å²) in [4.78, 5) is 22.5. The maximum absolute atomic E-state index is 11.3. The average molecular weight is 313 g/mol. The van der Waals surface area contributed by atoms with Gasteiger partial charge in [0.05, 0.1) is 25.2 Å². The number of rotatable bonds is 1. The Balaban J connectivity index is 0.000000206. The maximum Gasteiger partial charge on any atom is 0.311 e. The third-order valence-electron chi connectivity index (χ3n) is 4.69. The van der Waals surface area contributed by atoms with Crippen LogP contribution in [-0.4, -0.2) is 56.6 Å². The lowest BCUT2D eigenvalue weighted by Gasteiger charge is -2.21. The number of ether oxygens (including phenoxy) is 2. The van der Waals surface area contributed by atoms with Crippen molar-refractivity contribution in [2.75, 3.05) is 27.2 Å². The highest BCUT2D eigenvalue weighted by Gasteiger charge is 2.50. The molecule has 4 atom stereocenters. The Morgan fingerprint density at radius 2 is 1.73 bits per heavy atom. The molecule has 2 bridgehead atoms. The Bertz CT molecular complexity index is 340. The summed E-state index contributed by atoms with van der Waals surface area (Å²) in [5.41, 5.74) is 0. The number of hydrogen-bond donors (Lipinski definition) is 0. The summed E-state index contributed by atoms with van der Waals surface area (Å²) in [5.74, 6) is 0.236. The Morgan fingerprint density at radius 1 is 1.18 bits per heavy atom. The minimum absolute atomic E-state index is 0.00579. The summed E-state index contributed by atoms with van der Waals surface area (Å²) < 4.78 is 10.4. The van der Waals surface area contributed by atoms with Crippen LogP contribution >= 0.6 is 0 Å². The first-order valence-electron chi connectivity index (χ1n) is 8.36. The van der Waals surface area contributed by atoms with Gasteiger partial charge in [-0.05, 0) is 58.7 Å². The molecule has 0 N–H and O–H groups in total. The van der Waals surface area contributed by atoms with E-state index in [2.05, 4.69) is 18.9 Å². The third kappa shape index (κ3) is 5.36. The van der Waals surface area contributed by atoms with Crippen molar-refractivity contribution in [3.05, 3.63) is 0 Å². The van der Waals surface area contributed by atoms with E-state index in [9.17, 15) is 4.79 Å². The van der Waals surface area contributed by atoms with E-state index in [0.717, 1.165) is 19.1 Å². The highest BCUT2D eigenvalue weighted by atomic mass is 16.5. The van der Waals surface area contributed by atoms with Crippen molar-refractivity contribution in [2.45, 2.75) is 58.2 Å². The van der Waals surface area contributed by atoms with E-state index >= 15 is 0 Å². The van der Waals surface area contributed by atoms with Gasteiger partial charge in [-0.1, -0.05) is 13.3 Å². The molecule has 0 amide bonds. The van der Waals surface area contributed by atoms with E-state index in [0.29, 0.717) is 12.0 Å². The van der Waals surface area contributed by atoms with Gasteiger partial charge in [0.1, 0.15) is 6.29 Å². The monoisotopic (exact) mass is 313 g/mol. The standard InChI is InChI=1S/C9H14O3.C6H13N.C2H4O/c1-5-6-3-4-7(12-6)8(5)9(10)11-2;1-7-5-3-2-4-6-7;1-2-3/h5-8H,3-4H2,1-2H3;2-6H2,1H3;2H,1H3. The van der Waals surface area contributed by atoms with Crippen molar-refractivity contribution in [3.8, 4) is 0 Å². The molecule has 22 heavy (non-hydrogen) atoms. The van der Waals surface area contributed by atoms with E-state index in [4.69, 9.17) is 14.3 Å². The average Bonchev–Trinajstić information content (AvgIpc) is 3.10. The third-order valence-corrected chi connectivity index (χ3v) is 4.69. The summed E-state index contributed by atoms with van der Waals surface area (Å²) >= 11 is 0. The molecular weight excluding hydrogens is 282 g/mol. The van der Waals surface area contributed by atoms with Crippen LogP contribution in [0.25, 0.3) is 0 Å². The van der Waals surface area contributed by atoms with Gasteiger partial charge in [0, 0.05) is 0 Å². The smallest absolute Gasteiger partial charge is 0.311 e. The zero-order valence-corrected chi connectivity index (χ0v) is 14.4. The van der Waals surface area contributed by atoms with Gasteiger partial charge in [-0.15, -0.1) is 0 Å². The van der Waals surface area contributed by atoms with Crippen LogP contribution < -0.4 is 0 Å². The van der Waals surface area contributed by atoms with Gasteiger partial charge in [-0.2, -0.15) is 0 Å². The van der Waals surface area contributed by atoms with Gasteiger partial charge in [0.2, 0.25) is 0 Å². The van der Waals surface area contributed by atoms with E-state index in [-0.39, 0.29) is 18.0 Å². The minimum Gasteiger partial charge on any atom is -0.469 e. The van der Waals surface area contributed by atoms with Crippen molar-refractivity contribution in [3.63, 3.8) is 0 Å². The summed E-state index contributed by atoms with van der Waals surface area (Å²) in [6.45, 7) is 6.16. The second-order valence-corrected chi connectivity index (χ2v) is 6.30. The molecule has 0 aliphatic carbocycles. The summed E-state index contributed by atoms with van der Waals surface area (Å²) in [5, 5.41) is 0. The van der Waals surface area contributed by atoms with E-state index < -0.39 is 0 Å². The van der Waals surface area contributed by atoms with Crippen molar-refractivity contribution in [1.82, 2.24) is 4.90 Å². The van der Waals surface area contributed by atoms with Gasteiger partial charge in [-0.3, -0.25) is 4.79 Å². The van der Waals surface area contributed by atoms with E-state index in [1.807, 2.05) is 0 Å². The molecule has 0 spiro atoms. The van der Waals surface area contributed by atoms with Gasteiger partial charge in [0.15, 0.2) is 0 Å². The topological polar surface area (TPSA) is 55.8 Å². The Labute approximate surface area is 134 Å². The number of nitrogens with zero attached hydrogens (tertiary/aromatic N) is 1. The number of fused-ring (bicyclic) bond motifs is 2. The molecule has 0 aromatic carbocycles. The van der Waals surface area contributed by atoms with Crippen molar-refractivity contribution < 1.29 is 19.1 Å². The van der Waals surface area contributed by atoms with Crippen LogP contribution in [0.2, 0.25) is 0 Å². The Kier molecular flexibility index (Phi) is 8.64. The number of carbonyl (C=O) groups excluding carboxylic acids is 2. The molecule has 0 saturated carbocycles. The zero-order chi connectivity index (χ0) is 16.5. The van der Waals surface area contributed by atoms with Crippen molar-refractivity contribution >= 4 is 12.3 Å². The van der Waals surface area contributed by atoms with Crippen LogP contribution in [0.1, 0.15) is 46.0 Å². The molecule has 4 unspecified atom stereocenters. The number of hydrogen-bond acceptors (Lipinski definition) is 5. The Hall–Kier alpha value is -0.940. The van der Waals surface area contributed by atoms with Crippen molar-refractivity contribution in [2.24, 2.45) is 11.8 Å². The first kappa shape index (κ1) is 19.1. The summed E-state index contributed by atoms with van der Waals surface area (Å²) in [6, 6.07) is 0. The number of piperidine rings is 1. The molecular formula is C17H31NO4. The van der Waals surface area contributed by atoms with Crippen molar-refractivity contribution in [1.29, 1.82) is 0 Å². The molecule has 0 aromatic heterocycles. The SMILES string of the molecule is CC=O.CN1CCCCC1.COC(=O)C1C2CCC(O2)C1C. The lowest BCUT2D eigenvalue weighted by molar-refractivity contribution is -0.148. The largest absolute Gasteiger partial charge is 0.469 e. The molecule has 128 valence electrons. The number of likely N-dealkylation sites (tertiary alicyclic amines) is 1. The number of esters is 1. The van der Waals surface area contributed by atoms with Crippen LogP contribution in [0, 0.1) is 11.8 Å². The quantitative estimate of drug-likeness (QED) is 0.549. The Morgan fingerprint density at radius 3 is 2.09 bits per heavy atom. The van der Waals surface area contributed by atoms with Crippen LogP contribution in [0.15, 0.2) is 0 Å². The molecule has 3 heterocycles. The van der Waals surface area contributed by atoms with E-state index in [1.165, 1.54) is 46.4 Å². The molecule has 3 saturated heterocycles. The molecule has 5 nitrogen and oxygen atoms in total. The molecule has 3 aliphatic heterocycles. The van der Waals surface area contributed by atoms with Gasteiger partial charge < -0.3 is 19.2 Å². The fraction of sp³-hybridized carbons (Fsp3) is 0.882. The molecule has 5 heteroatoms. The second-order valence-electron chi connectivity index (χ2n) is 6.30. The van der Waals surface area contributed by atoms with E-state index in [1.54, 1.807) is 0 Å². The number of aldehydes is 1. The summed E-state index contributed by atoms with van der Waals surface area (Å²) in [7, 11) is 3.64. The summed E-state index contributed by atoms with van der Waals surface area (Å²) in [6.07, 6.45) is 7.60. The number of methoxy groups -OCH3 is 1.